The van der Waals surface area contributed by atoms with E-state index in [0.717, 1.165) is 16.2 Å². The Hall–Kier alpha value is -3.88. The van der Waals surface area contributed by atoms with E-state index >= 15 is 0 Å². The second-order valence-electron chi connectivity index (χ2n) is 9.02. The molecular formula is C27H23ClN2O5S. The van der Waals surface area contributed by atoms with Crippen LogP contribution >= 0.6 is 22.9 Å². The van der Waals surface area contributed by atoms with Crippen molar-refractivity contribution in [1.82, 2.24) is 0 Å². The Bertz CT molecular complexity index is 1480. The maximum atomic E-state index is 13.2. The van der Waals surface area contributed by atoms with Crippen LogP contribution in [0, 0.1) is 5.41 Å². The topological polar surface area (TPSA) is 105 Å². The van der Waals surface area contributed by atoms with Gasteiger partial charge in [-0.1, -0.05) is 48.0 Å². The first-order valence-corrected chi connectivity index (χ1v) is 12.2. The molecule has 0 aliphatic carbocycles. The maximum Gasteiger partial charge on any atom is 0.316 e. The zero-order chi connectivity index (χ0) is 26.0. The highest BCUT2D eigenvalue weighted by Crippen LogP contribution is 2.38. The molecule has 7 nitrogen and oxygen atoms in total. The number of anilines is 2. The van der Waals surface area contributed by atoms with Gasteiger partial charge >= 0.3 is 5.97 Å². The van der Waals surface area contributed by atoms with Crippen molar-refractivity contribution in [1.29, 1.82) is 0 Å². The number of phenols is 1. The van der Waals surface area contributed by atoms with Gasteiger partial charge in [0.25, 0.3) is 11.8 Å². The van der Waals surface area contributed by atoms with Gasteiger partial charge in [0.2, 0.25) is 0 Å². The van der Waals surface area contributed by atoms with Crippen molar-refractivity contribution in [3.05, 3.63) is 82.2 Å². The highest BCUT2D eigenvalue weighted by Gasteiger charge is 2.27. The zero-order valence-electron chi connectivity index (χ0n) is 19.7. The molecule has 0 spiro atoms. The van der Waals surface area contributed by atoms with Crippen LogP contribution in [-0.2, 0) is 4.79 Å². The molecule has 0 unspecified atom stereocenters. The van der Waals surface area contributed by atoms with E-state index in [9.17, 15) is 19.5 Å². The normalized spacial score (nSPS) is 11.2. The molecule has 3 aromatic carbocycles. The Morgan fingerprint density at radius 1 is 0.917 bits per heavy atom. The van der Waals surface area contributed by atoms with E-state index < -0.39 is 28.9 Å². The second kappa shape index (κ2) is 10.0. The minimum Gasteiger partial charge on any atom is -0.504 e. The van der Waals surface area contributed by atoms with Gasteiger partial charge < -0.3 is 20.5 Å². The molecule has 0 saturated carbocycles. The first-order valence-electron chi connectivity index (χ1n) is 11.0. The number of fused-ring (bicyclic) bond motifs is 1. The van der Waals surface area contributed by atoms with Crippen molar-refractivity contribution in [2.45, 2.75) is 20.8 Å². The Morgan fingerprint density at radius 3 is 2.25 bits per heavy atom. The number of hydrogen-bond acceptors (Lipinski definition) is 6. The summed E-state index contributed by atoms with van der Waals surface area (Å²) in [6.07, 6.45) is 0. The molecule has 2 amide bonds. The lowest BCUT2D eigenvalue weighted by Crippen LogP contribution is -2.26. The molecular weight excluding hydrogens is 500 g/mol. The van der Waals surface area contributed by atoms with Crippen molar-refractivity contribution in [3.63, 3.8) is 0 Å². The molecule has 36 heavy (non-hydrogen) atoms. The quantitative estimate of drug-likeness (QED) is 0.153. The largest absolute Gasteiger partial charge is 0.504 e. The number of aromatic hydroxyl groups is 1. The summed E-state index contributed by atoms with van der Waals surface area (Å²) in [6.45, 7) is 5.00. The number of ether oxygens (including phenoxy) is 1. The number of amides is 2. The van der Waals surface area contributed by atoms with Gasteiger partial charge in [-0.2, -0.15) is 0 Å². The van der Waals surface area contributed by atoms with E-state index in [1.165, 1.54) is 17.4 Å². The first-order chi connectivity index (χ1) is 17.0. The number of halogens is 1. The number of thiophene rings is 1. The average molecular weight is 523 g/mol. The third kappa shape index (κ3) is 5.35. The van der Waals surface area contributed by atoms with Crippen molar-refractivity contribution >= 4 is 62.2 Å². The third-order valence-electron chi connectivity index (χ3n) is 5.18. The molecule has 0 atom stereocenters. The number of phenolic OH excluding ortho intramolecular Hbond substituents is 1. The third-order valence-corrected chi connectivity index (χ3v) is 6.85. The summed E-state index contributed by atoms with van der Waals surface area (Å²) in [7, 11) is 0. The predicted molar refractivity (Wildman–Crippen MR) is 142 cm³/mol. The number of carbonyl (C=O) groups excluding carboxylic acids is 3. The van der Waals surface area contributed by atoms with Gasteiger partial charge in [0, 0.05) is 21.8 Å². The van der Waals surface area contributed by atoms with Gasteiger partial charge in [-0.05, 0) is 45.0 Å². The molecule has 0 fully saturated rings. The van der Waals surface area contributed by atoms with Crippen LogP contribution in [0.25, 0.3) is 10.1 Å². The lowest BCUT2D eigenvalue weighted by molar-refractivity contribution is -0.143. The molecule has 4 rings (SSSR count). The fraction of sp³-hybridized carbons (Fsp3) is 0.148. The highest BCUT2D eigenvalue weighted by molar-refractivity contribution is 7.21. The Balaban J connectivity index is 1.73. The van der Waals surface area contributed by atoms with Crippen molar-refractivity contribution in [3.8, 4) is 11.5 Å². The molecule has 0 saturated heterocycles. The Labute approximate surface area is 216 Å². The van der Waals surface area contributed by atoms with Crippen LogP contribution < -0.4 is 15.4 Å². The van der Waals surface area contributed by atoms with Crippen molar-refractivity contribution in [2.75, 3.05) is 10.6 Å². The van der Waals surface area contributed by atoms with E-state index in [4.69, 9.17) is 16.3 Å². The number of benzene rings is 3. The lowest BCUT2D eigenvalue weighted by atomic mass is 9.97. The highest BCUT2D eigenvalue weighted by atomic mass is 35.5. The molecule has 1 heterocycles. The molecule has 0 bridgehead atoms. The molecule has 9 heteroatoms. The van der Waals surface area contributed by atoms with Crippen LogP contribution in [0.4, 0.5) is 11.4 Å². The molecule has 0 aliphatic heterocycles. The number of esters is 1. The van der Waals surface area contributed by atoms with E-state index in [1.54, 1.807) is 51.1 Å². The van der Waals surface area contributed by atoms with Gasteiger partial charge in [-0.25, -0.2) is 0 Å². The molecule has 184 valence electrons. The Morgan fingerprint density at radius 2 is 1.58 bits per heavy atom. The Kier molecular flexibility index (Phi) is 7.01. The van der Waals surface area contributed by atoms with E-state index in [1.807, 2.05) is 24.3 Å². The maximum absolute atomic E-state index is 13.2. The lowest BCUT2D eigenvalue weighted by Gasteiger charge is -2.19. The SMILES string of the molecule is CC(C)(C)C(=O)Oc1cc(NC(=O)c2sc3ccccc3c2Cl)c(C(=O)Nc2ccccc2)cc1O. The van der Waals surface area contributed by atoms with Gasteiger partial charge in [-0.3, -0.25) is 14.4 Å². The van der Waals surface area contributed by atoms with Gasteiger partial charge in [0.15, 0.2) is 11.5 Å². The number of rotatable bonds is 5. The van der Waals surface area contributed by atoms with Crippen LogP contribution in [0.15, 0.2) is 66.7 Å². The fourth-order valence-corrected chi connectivity index (χ4v) is 4.67. The number of para-hydroxylation sites is 1. The number of nitrogens with one attached hydrogen (secondary N) is 2. The summed E-state index contributed by atoms with van der Waals surface area (Å²) in [6, 6.07) is 18.5. The molecule has 4 aromatic rings. The van der Waals surface area contributed by atoms with E-state index in [0.29, 0.717) is 10.7 Å². The molecule has 1 aromatic heterocycles. The minimum absolute atomic E-state index is 0.0301. The number of carbonyl (C=O) groups is 3. The van der Waals surface area contributed by atoms with Crippen LogP contribution in [0.3, 0.4) is 0 Å². The van der Waals surface area contributed by atoms with Crippen LogP contribution in [0.2, 0.25) is 5.02 Å². The average Bonchev–Trinajstić information content (AvgIpc) is 3.17. The standard InChI is InChI=1S/C27H23ClN2O5S/c1-27(2,3)26(34)35-20-14-18(17(13-19(20)31)24(32)29-15-9-5-4-6-10-15)30-25(33)23-22(28)16-11-7-8-12-21(16)36-23/h4-14,31H,1-3H3,(H,29,32)(H,30,33). The van der Waals surface area contributed by atoms with Gasteiger partial charge in [0.05, 0.1) is 21.7 Å². The smallest absolute Gasteiger partial charge is 0.316 e. The monoisotopic (exact) mass is 522 g/mol. The summed E-state index contributed by atoms with van der Waals surface area (Å²) in [5, 5.41) is 17.0. The summed E-state index contributed by atoms with van der Waals surface area (Å²) < 4.78 is 6.20. The van der Waals surface area contributed by atoms with Gasteiger partial charge in [-0.15, -0.1) is 11.3 Å². The predicted octanol–water partition coefficient (Wildman–Crippen LogP) is 6.72. The van der Waals surface area contributed by atoms with Crippen molar-refractivity contribution < 1.29 is 24.2 Å². The minimum atomic E-state index is -0.843. The molecule has 0 aliphatic rings. The summed E-state index contributed by atoms with van der Waals surface area (Å²) in [5.74, 6) is -2.34. The first kappa shape index (κ1) is 25.2. The fourth-order valence-electron chi connectivity index (χ4n) is 3.25. The zero-order valence-corrected chi connectivity index (χ0v) is 21.3. The van der Waals surface area contributed by atoms with Crippen molar-refractivity contribution in [2.24, 2.45) is 5.41 Å². The summed E-state index contributed by atoms with van der Waals surface area (Å²) in [5.41, 5.74) is -0.312. The number of hydrogen-bond donors (Lipinski definition) is 3. The van der Waals surface area contributed by atoms with E-state index in [-0.39, 0.29) is 21.9 Å². The van der Waals surface area contributed by atoms with E-state index in [2.05, 4.69) is 10.6 Å². The second-order valence-corrected chi connectivity index (χ2v) is 10.5. The van der Waals surface area contributed by atoms with Crippen LogP contribution in [0.5, 0.6) is 11.5 Å². The van der Waals surface area contributed by atoms with Crippen LogP contribution in [-0.4, -0.2) is 22.9 Å². The molecule has 3 N–H and O–H groups in total. The summed E-state index contributed by atoms with van der Waals surface area (Å²) >= 11 is 7.67. The van der Waals surface area contributed by atoms with Gasteiger partial charge in [0.1, 0.15) is 4.88 Å². The summed E-state index contributed by atoms with van der Waals surface area (Å²) in [4.78, 5) is 39.0. The van der Waals surface area contributed by atoms with Crippen LogP contribution in [0.1, 0.15) is 40.8 Å². The molecule has 0 radical (unpaired) electrons.